The second-order valence-electron chi connectivity index (χ2n) is 5.84. The van der Waals surface area contributed by atoms with Gasteiger partial charge in [-0.3, -0.25) is 0 Å². The standard InChI is InChI=1S/C19H20N2O2S/c1-15-5-11-19(12-6-15)24(22,23)20-16(2)17-7-9-18(10-8-17)21-13-3-4-14-21/h3-14,16,20H,1-2H3. The number of benzene rings is 2. The largest absolute Gasteiger partial charge is 0.324 e. The van der Waals surface area contributed by atoms with Crippen molar-refractivity contribution >= 4 is 10.0 Å². The highest BCUT2D eigenvalue weighted by Gasteiger charge is 2.18. The number of rotatable bonds is 5. The lowest BCUT2D eigenvalue weighted by Gasteiger charge is -2.15. The monoisotopic (exact) mass is 340 g/mol. The molecule has 0 bridgehead atoms. The Kier molecular flexibility index (Phi) is 4.55. The van der Waals surface area contributed by atoms with Gasteiger partial charge < -0.3 is 4.57 Å². The third-order valence-electron chi connectivity index (χ3n) is 3.96. The van der Waals surface area contributed by atoms with E-state index in [0.29, 0.717) is 0 Å². The number of nitrogens with zero attached hydrogens (tertiary/aromatic N) is 1. The van der Waals surface area contributed by atoms with Crippen LogP contribution in [0.15, 0.2) is 78.0 Å². The third-order valence-corrected chi connectivity index (χ3v) is 5.52. The molecule has 1 heterocycles. The summed E-state index contributed by atoms with van der Waals surface area (Å²) < 4.78 is 29.7. The van der Waals surface area contributed by atoms with Crippen LogP contribution in [0.5, 0.6) is 0 Å². The maximum atomic E-state index is 12.5. The summed E-state index contributed by atoms with van der Waals surface area (Å²) in [4.78, 5) is 0.281. The summed E-state index contributed by atoms with van der Waals surface area (Å²) in [6.07, 6.45) is 3.94. The summed E-state index contributed by atoms with van der Waals surface area (Å²) in [7, 11) is -3.53. The number of hydrogen-bond acceptors (Lipinski definition) is 2. The molecule has 1 N–H and O–H groups in total. The molecule has 1 atom stereocenters. The number of nitrogens with one attached hydrogen (secondary N) is 1. The molecular weight excluding hydrogens is 320 g/mol. The van der Waals surface area contributed by atoms with E-state index in [1.54, 1.807) is 24.3 Å². The highest BCUT2D eigenvalue weighted by molar-refractivity contribution is 7.89. The summed E-state index contributed by atoms with van der Waals surface area (Å²) in [5.74, 6) is 0. The molecule has 0 saturated carbocycles. The maximum Gasteiger partial charge on any atom is 0.241 e. The summed E-state index contributed by atoms with van der Waals surface area (Å²) in [6.45, 7) is 3.77. The number of sulfonamides is 1. The van der Waals surface area contributed by atoms with Crippen molar-refractivity contribution in [2.24, 2.45) is 0 Å². The van der Waals surface area contributed by atoms with Crippen LogP contribution in [0.1, 0.15) is 24.1 Å². The molecule has 0 fully saturated rings. The highest BCUT2D eigenvalue weighted by atomic mass is 32.2. The van der Waals surface area contributed by atoms with E-state index in [-0.39, 0.29) is 10.9 Å². The summed E-state index contributed by atoms with van der Waals surface area (Å²) in [5.41, 5.74) is 2.99. The first-order valence-corrected chi connectivity index (χ1v) is 9.26. The molecule has 0 spiro atoms. The van der Waals surface area contributed by atoms with E-state index in [2.05, 4.69) is 4.72 Å². The molecule has 5 heteroatoms. The van der Waals surface area contributed by atoms with Crippen LogP contribution >= 0.6 is 0 Å². The van der Waals surface area contributed by atoms with Gasteiger partial charge in [0.2, 0.25) is 10.0 Å². The van der Waals surface area contributed by atoms with Crippen molar-refractivity contribution in [3.05, 3.63) is 84.2 Å². The molecule has 0 aliphatic heterocycles. The van der Waals surface area contributed by atoms with E-state index in [9.17, 15) is 8.42 Å². The van der Waals surface area contributed by atoms with Gasteiger partial charge in [0, 0.05) is 24.1 Å². The average Bonchev–Trinajstić information content (AvgIpc) is 3.09. The molecule has 4 nitrogen and oxygen atoms in total. The second kappa shape index (κ2) is 6.63. The lowest BCUT2D eigenvalue weighted by atomic mass is 10.1. The fourth-order valence-electron chi connectivity index (χ4n) is 2.53. The summed E-state index contributed by atoms with van der Waals surface area (Å²) in [5, 5.41) is 0. The van der Waals surface area contributed by atoms with Gasteiger partial charge in [-0.2, -0.15) is 0 Å². The van der Waals surface area contributed by atoms with Crippen LogP contribution in [0, 0.1) is 6.92 Å². The Morgan fingerprint density at radius 1 is 0.917 bits per heavy atom. The first kappa shape index (κ1) is 16.5. The van der Waals surface area contributed by atoms with Crippen molar-refractivity contribution in [3.63, 3.8) is 0 Å². The van der Waals surface area contributed by atoms with Crippen molar-refractivity contribution < 1.29 is 8.42 Å². The second-order valence-corrected chi connectivity index (χ2v) is 7.55. The first-order chi connectivity index (χ1) is 11.5. The SMILES string of the molecule is Cc1ccc(S(=O)(=O)NC(C)c2ccc(-n3cccc3)cc2)cc1. The van der Waals surface area contributed by atoms with Crippen LogP contribution in [-0.2, 0) is 10.0 Å². The van der Waals surface area contributed by atoms with Crippen LogP contribution in [0.2, 0.25) is 0 Å². The predicted molar refractivity (Wildman–Crippen MR) is 95.7 cm³/mol. The van der Waals surface area contributed by atoms with Gasteiger partial charge in [-0.05, 0) is 55.8 Å². The van der Waals surface area contributed by atoms with E-state index in [0.717, 1.165) is 16.8 Å². The van der Waals surface area contributed by atoms with Crippen molar-refractivity contribution in [1.29, 1.82) is 0 Å². The molecule has 3 rings (SSSR count). The lowest BCUT2D eigenvalue weighted by Crippen LogP contribution is -2.26. The first-order valence-electron chi connectivity index (χ1n) is 7.78. The van der Waals surface area contributed by atoms with Crippen LogP contribution in [-0.4, -0.2) is 13.0 Å². The molecule has 124 valence electrons. The van der Waals surface area contributed by atoms with Gasteiger partial charge in [0.15, 0.2) is 0 Å². The average molecular weight is 340 g/mol. The molecule has 0 aliphatic carbocycles. The van der Waals surface area contributed by atoms with E-state index in [1.165, 1.54) is 0 Å². The van der Waals surface area contributed by atoms with E-state index >= 15 is 0 Å². The van der Waals surface area contributed by atoms with E-state index < -0.39 is 10.0 Å². The Hall–Kier alpha value is -2.37. The minimum absolute atomic E-state index is 0.281. The van der Waals surface area contributed by atoms with Gasteiger partial charge >= 0.3 is 0 Å². The molecule has 0 aliphatic rings. The molecule has 0 amide bonds. The predicted octanol–water partition coefficient (Wildman–Crippen LogP) is 3.83. The van der Waals surface area contributed by atoms with Crippen LogP contribution in [0.25, 0.3) is 5.69 Å². The molecule has 24 heavy (non-hydrogen) atoms. The number of aryl methyl sites for hydroxylation is 1. The topological polar surface area (TPSA) is 51.1 Å². The molecule has 2 aromatic carbocycles. The normalized spacial score (nSPS) is 12.9. The maximum absolute atomic E-state index is 12.5. The Balaban J connectivity index is 1.76. The van der Waals surface area contributed by atoms with Crippen LogP contribution < -0.4 is 4.72 Å². The lowest BCUT2D eigenvalue weighted by molar-refractivity contribution is 0.567. The van der Waals surface area contributed by atoms with Gasteiger partial charge in [-0.25, -0.2) is 13.1 Å². The van der Waals surface area contributed by atoms with Crippen LogP contribution in [0.4, 0.5) is 0 Å². The molecule has 3 aromatic rings. The Labute approximate surface area is 142 Å². The van der Waals surface area contributed by atoms with Crippen molar-refractivity contribution in [1.82, 2.24) is 9.29 Å². The number of aromatic nitrogens is 1. The Morgan fingerprint density at radius 3 is 2.08 bits per heavy atom. The van der Waals surface area contributed by atoms with Gasteiger partial charge in [0.1, 0.15) is 0 Å². The van der Waals surface area contributed by atoms with Crippen molar-refractivity contribution in [2.45, 2.75) is 24.8 Å². The third kappa shape index (κ3) is 3.58. The van der Waals surface area contributed by atoms with E-state index in [4.69, 9.17) is 0 Å². The van der Waals surface area contributed by atoms with Gasteiger partial charge in [0.25, 0.3) is 0 Å². The summed E-state index contributed by atoms with van der Waals surface area (Å²) in [6, 6.07) is 18.3. The van der Waals surface area contributed by atoms with Gasteiger partial charge in [-0.15, -0.1) is 0 Å². The molecule has 0 saturated heterocycles. The zero-order valence-electron chi connectivity index (χ0n) is 13.7. The zero-order chi connectivity index (χ0) is 17.2. The fourth-order valence-corrected chi connectivity index (χ4v) is 3.76. The highest BCUT2D eigenvalue weighted by Crippen LogP contribution is 2.19. The fraction of sp³-hybridized carbons (Fsp3) is 0.158. The van der Waals surface area contributed by atoms with Gasteiger partial charge in [0.05, 0.1) is 4.90 Å². The minimum Gasteiger partial charge on any atom is -0.324 e. The minimum atomic E-state index is -3.53. The van der Waals surface area contributed by atoms with E-state index in [1.807, 2.05) is 67.2 Å². The zero-order valence-corrected chi connectivity index (χ0v) is 14.5. The smallest absolute Gasteiger partial charge is 0.241 e. The van der Waals surface area contributed by atoms with Crippen molar-refractivity contribution in [3.8, 4) is 5.69 Å². The molecule has 1 aromatic heterocycles. The number of hydrogen-bond donors (Lipinski definition) is 1. The molecule has 0 radical (unpaired) electrons. The Morgan fingerprint density at radius 2 is 1.50 bits per heavy atom. The Bertz CT molecular complexity index is 897. The van der Waals surface area contributed by atoms with Crippen molar-refractivity contribution in [2.75, 3.05) is 0 Å². The quantitative estimate of drug-likeness (QED) is 0.767. The molecule has 1 unspecified atom stereocenters. The van der Waals surface area contributed by atoms with Crippen LogP contribution in [0.3, 0.4) is 0 Å². The molecular formula is C19H20N2O2S. The summed E-state index contributed by atoms with van der Waals surface area (Å²) >= 11 is 0. The van der Waals surface area contributed by atoms with Gasteiger partial charge in [-0.1, -0.05) is 29.8 Å².